The van der Waals surface area contributed by atoms with Gasteiger partial charge in [0.1, 0.15) is 0 Å². The van der Waals surface area contributed by atoms with E-state index in [0.717, 1.165) is 19.3 Å². The topological polar surface area (TPSA) is 63.4 Å². The van der Waals surface area contributed by atoms with Crippen LogP contribution in [0.1, 0.15) is 33.1 Å². The first-order valence-corrected chi connectivity index (χ1v) is 9.55. The van der Waals surface area contributed by atoms with Crippen molar-refractivity contribution in [1.82, 2.24) is 4.31 Å². The lowest BCUT2D eigenvalue weighted by Gasteiger charge is -2.38. The van der Waals surface area contributed by atoms with E-state index in [1.54, 1.807) is 0 Å². The Balaban J connectivity index is 2.32. The monoisotopic (exact) mass is 394 g/mol. The van der Waals surface area contributed by atoms with Crippen molar-refractivity contribution in [2.75, 3.05) is 18.8 Å². The predicted molar refractivity (Wildman–Crippen MR) is 90.0 cm³/mol. The van der Waals surface area contributed by atoms with Gasteiger partial charge in [0.25, 0.3) is 0 Å². The Morgan fingerprint density at radius 2 is 1.95 bits per heavy atom. The molecule has 2 N–H and O–H groups in total. The van der Waals surface area contributed by atoms with Gasteiger partial charge in [-0.2, -0.15) is 4.31 Å². The van der Waals surface area contributed by atoms with Gasteiger partial charge in [0, 0.05) is 23.8 Å². The van der Waals surface area contributed by atoms with Gasteiger partial charge in [-0.1, -0.05) is 31.9 Å². The van der Waals surface area contributed by atoms with Crippen molar-refractivity contribution in [3.8, 4) is 0 Å². The predicted octanol–water partition coefficient (Wildman–Crippen LogP) is 3.89. The van der Waals surface area contributed by atoms with E-state index in [0.29, 0.717) is 28.3 Å². The van der Waals surface area contributed by atoms with Crippen molar-refractivity contribution in [3.05, 3.63) is 21.6 Å². The molecule has 1 saturated heterocycles. The van der Waals surface area contributed by atoms with Crippen molar-refractivity contribution < 1.29 is 8.42 Å². The van der Waals surface area contributed by atoms with Gasteiger partial charge in [-0.3, -0.25) is 0 Å². The molecule has 0 aliphatic carbocycles. The normalized spacial score (nSPS) is 19.6. The summed E-state index contributed by atoms with van der Waals surface area (Å²) in [6.45, 7) is 5.43. The van der Waals surface area contributed by atoms with Crippen LogP contribution in [0.3, 0.4) is 0 Å². The molecule has 0 spiro atoms. The first kappa shape index (κ1) is 17.1. The Hall–Kier alpha value is -0.300. The van der Waals surface area contributed by atoms with Gasteiger partial charge in [0.15, 0.2) is 0 Å². The van der Waals surface area contributed by atoms with Crippen LogP contribution in [0, 0.1) is 5.41 Å². The standard InChI is InChI=1S/C14H20BrClN2O2S/c1-3-14(2)4-6-18(7-5-14)21(19,20)12-9-10(16)8-11(17)13(12)15/h8-9H,3-7,17H2,1-2H3. The number of piperidine rings is 1. The fraction of sp³-hybridized carbons (Fsp3) is 0.571. The minimum atomic E-state index is -3.57. The molecule has 1 aromatic carbocycles. The molecule has 7 heteroatoms. The van der Waals surface area contributed by atoms with E-state index >= 15 is 0 Å². The van der Waals surface area contributed by atoms with E-state index < -0.39 is 10.0 Å². The van der Waals surface area contributed by atoms with Crippen molar-refractivity contribution in [3.63, 3.8) is 0 Å². The molecule has 1 aliphatic heterocycles. The third-order valence-corrected chi connectivity index (χ3v) is 7.72. The van der Waals surface area contributed by atoms with Crippen LogP contribution in [-0.2, 0) is 10.0 Å². The Kier molecular flexibility index (Phi) is 4.93. The second-order valence-electron chi connectivity index (χ2n) is 5.88. The highest BCUT2D eigenvalue weighted by atomic mass is 79.9. The van der Waals surface area contributed by atoms with E-state index in [9.17, 15) is 8.42 Å². The maximum absolute atomic E-state index is 12.8. The highest BCUT2D eigenvalue weighted by Gasteiger charge is 2.35. The third kappa shape index (κ3) is 3.38. The average Bonchev–Trinajstić information content (AvgIpc) is 2.43. The van der Waals surface area contributed by atoms with Gasteiger partial charge in [0.05, 0.1) is 9.37 Å². The summed E-state index contributed by atoms with van der Waals surface area (Å²) in [5, 5.41) is 0.324. The number of benzene rings is 1. The molecule has 1 heterocycles. The molecule has 0 radical (unpaired) electrons. The second-order valence-corrected chi connectivity index (χ2v) is 9.01. The third-order valence-electron chi connectivity index (χ3n) is 4.43. The van der Waals surface area contributed by atoms with Crippen LogP contribution in [0.4, 0.5) is 5.69 Å². The summed E-state index contributed by atoms with van der Waals surface area (Å²) in [7, 11) is -3.57. The van der Waals surface area contributed by atoms with Gasteiger partial charge < -0.3 is 5.73 Å². The van der Waals surface area contributed by atoms with Gasteiger partial charge in [-0.05, 0) is 46.3 Å². The lowest BCUT2D eigenvalue weighted by atomic mass is 9.79. The molecule has 21 heavy (non-hydrogen) atoms. The van der Waals surface area contributed by atoms with Crippen molar-refractivity contribution in [2.45, 2.75) is 38.0 Å². The average molecular weight is 396 g/mol. The number of anilines is 1. The largest absolute Gasteiger partial charge is 0.398 e. The highest BCUT2D eigenvalue weighted by Crippen LogP contribution is 2.38. The van der Waals surface area contributed by atoms with Crippen LogP contribution in [0.5, 0.6) is 0 Å². The van der Waals surface area contributed by atoms with E-state index in [4.69, 9.17) is 17.3 Å². The van der Waals surface area contributed by atoms with Gasteiger partial charge in [-0.15, -0.1) is 0 Å². The smallest absolute Gasteiger partial charge is 0.244 e. The zero-order valence-electron chi connectivity index (χ0n) is 12.2. The van der Waals surface area contributed by atoms with Crippen molar-refractivity contribution in [2.24, 2.45) is 5.41 Å². The molecule has 0 unspecified atom stereocenters. The second kappa shape index (κ2) is 6.07. The van der Waals surface area contributed by atoms with Crippen molar-refractivity contribution >= 4 is 43.2 Å². The summed E-state index contributed by atoms with van der Waals surface area (Å²) in [6.07, 6.45) is 2.81. The quantitative estimate of drug-likeness (QED) is 0.790. The molecule has 0 atom stereocenters. The van der Waals surface area contributed by atoms with Crippen molar-refractivity contribution in [1.29, 1.82) is 0 Å². The van der Waals surface area contributed by atoms with E-state index in [1.165, 1.54) is 16.4 Å². The molecular formula is C14H20BrClN2O2S. The summed E-state index contributed by atoms with van der Waals surface area (Å²) in [4.78, 5) is 0.146. The number of nitrogen functional groups attached to an aromatic ring is 1. The van der Waals surface area contributed by atoms with Gasteiger partial charge >= 0.3 is 0 Å². The number of halogens is 2. The molecule has 2 rings (SSSR count). The number of hydrogen-bond acceptors (Lipinski definition) is 3. The number of sulfonamides is 1. The highest BCUT2D eigenvalue weighted by molar-refractivity contribution is 9.10. The molecule has 1 aromatic rings. The Morgan fingerprint density at radius 3 is 2.48 bits per heavy atom. The fourth-order valence-corrected chi connectivity index (χ4v) is 5.23. The first-order valence-electron chi connectivity index (χ1n) is 6.94. The first-order chi connectivity index (χ1) is 9.69. The Labute approximate surface area is 139 Å². The molecule has 1 aliphatic rings. The molecule has 0 amide bonds. The van der Waals surface area contributed by atoms with Crippen LogP contribution in [0.15, 0.2) is 21.5 Å². The van der Waals surface area contributed by atoms with Crippen LogP contribution < -0.4 is 5.73 Å². The minimum Gasteiger partial charge on any atom is -0.398 e. The zero-order chi connectivity index (χ0) is 15.8. The summed E-state index contributed by atoms with van der Waals surface area (Å²) >= 11 is 9.21. The van der Waals surface area contributed by atoms with Crippen LogP contribution >= 0.6 is 27.5 Å². The molecule has 4 nitrogen and oxygen atoms in total. The van der Waals surface area contributed by atoms with E-state index in [-0.39, 0.29) is 10.3 Å². The maximum Gasteiger partial charge on any atom is 0.244 e. The van der Waals surface area contributed by atoms with Crippen LogP contribution in [0.25, 0.3) is 0 Å². The number of hydrogen-bond donors (Lipinski definition) is 1. The summed E-state index contributed by atoms with van der Waals surface area (Å²) in [5.41, 5.74) is 6.36. The minimum absolute atomic E-state index is 0.146. The number of rotatable bonds is 3. The summed E-state index contributed by atoms with van der Waals surface area (Å²) in [5.74, 6) is 0. The molecule has 118 valence electrons. The molecule has 0 bridgehead atoms. The maximum atomic E-state index is 12.8. The van der Waals surface area contributed by atoms with E-state index in [1.807, 2.05) is 0 Å². The lowest BCUT2D eigenvalue weighted by Crippen LogP contribution is -2.42. The molecule has 0 aromatic heterocycles. The Bertz CT molecular complexity index is 641. The van der Waals surface area contributed by atoms with Gasteiger partial charge in [0.2, 0.25) is 10.0 Å². The lowest BCUT2D eigenvalue weighted by molar-refractivity contribution is 0.169. The summed E-state index contributed by atoms with van der Waals surface area (Å²) in [6, 6.07) is 2.99. The Morgan fingerprint density at radius 1 is 1.38 bits per heavy atom. The molecule has 0 saturated carbocycles. The number of nitrogens with two attached hydrogens (primary N) is 1. The SMILES string of the molecule is CCC1(C)CCN(S(=O)(=O)c2cc(Cl)cc(N)c2Br)CC1. The number of nitrogens with zero attached hydrogens (tertiary/aromatic N) is 1. The van der Waals surface area contributed by atoms with Crippen LogP contribution in [-0.4, -0.2) is 25.8 Å². The van der Waals surface area contributed by atoms with Gasteiger partial charge in [-0.25, -0.2) is 8.42 Å². The molecular weight excluding hydrogens is 376 g/mol. The van der Waals surface area contributed by atoms with E-state index in [2.05, 4.69) is 29.8 Å². The van der Waals surface area contributed by atoms with Crippen LogP contribution in [0.2, 0.25) is 5.02 Å². The summed E-state index contributed by atoms with van der Waals surface area (Å²) < 4.78 is 27.5. The fourth-order valence-electron chi connectivity index (χ4n) is 2.53. The zero-order valence-corrected chi connectivity index (χ0v) is 15.4. The molecule has 1 fully saturated rings.